The molecule has 4 heteroatoms. The highest BCUT2D eigenvalue weighted by Gasteiger charge is 2.07. The smallest absolute Gasteiger partial charge is 0.122 e. The molecule has 0 amide bonds. The summed E-state index contributed by atoms with van der Waals surface area (Å²) < 4.78 is 6.40. The Balaban J connectivity index is 2.38. The molecule has 0 aliphatic carbocycles. The van der Waals surface area contributed by atoms with Gasteiger partial charge in [0.25, 0.3) is 0 Å². The van der Waals surface area contributed by atoms with Crippen molar-refractivity contribution in [1.29, 1.82) is 0 Å². The van der Waals surface area contributed by atoms with E-state index in [0.29, 0.717) is 6.61 Å². The van der Waals surface area contributed by atoms with Gasteiger partial charge >= 0.3 is 0 Å². The molecular formula is C12H13BrN2O. The van der Waals surface area contributed by atoms with Crippen molar-refractivity contribution in [1.82, 2.24) is 9.97 Å². The molecule has 16 heavy (non-hydrogen) atoms. The first kappa shape index (κ1) is 11.2. The summed E-state index contributed by atoms with van der Waals surface area (Å²) in [4.78, 5) is 7.26. The lowest BCUT2D eigenvalue weighted by Gasteiger charge is -2.08. The molecular weight excluding hydrogens is 268 g/mol. The van der Waals surface area contributed by atoms with Crippen molar-refractivity contribution in [3.05, 3.63) is 34.7 Å². The Bertz CT molecular complexity index is 494. The highest BCUT2D eigenvalue weighted by molar-refractivity contribution is 9.10. The van der Waals surface area contributed by atoms with Gasteiger partial charge < -0.3 is 9.72 Å². The van der Waals surface area contributed by atoms with Gasteiger partial charge in [-0.05, 0) is 53.5 Å². The zero-order chi connectivity index (χ0) is 11.5. The van der Waals surface area contributed by atoms with Crippen LogP contribution in [0.25, 0.3) is 11.3 Å². The van der Waals surface area contributed by atoms with Crippen molar-refractivity contribution in [3.63, 3.8) is 0 Å². The summed E-state index contributed by atoms with van der Waals surface area (Å²) in [6.07, 6.45) is 1.67. The van der Waals surface area contributed by atoms with E-state index in [2.05, 4.69) is 32.0 Å². The lowest BCUT2D eigenvalue weighted by atomic mass is 10.1. The predicted molar refractivity (Wildman–Crippen MR) is 67.6 cm³/mol. The van der Waals surface area contributed by atoms with Gasteiger partial charge in [-0.15, -0.1) is 0 Å². The van der Waals surface area contributed by atoms with Crippen LogP contribution < -0.4 is 4.74 Å². The summed E-state index contributed by atoms with van der Waals surface area (Å²) in [5.74, 6) is 0.929. The van der Waals surface area contributed by atoms with E-state index in [-0.39, 0.29) is 0 Å². The topological polar surface area (TPSA) is 37.9 Å². The van der Waals surface area contributed by atoms with Crippen LogP contribution in [0.1, 0.15) is 12.5 Å². The van der Waals surface area contributed by atoms with E-state index < -0.39 is 0 Å². The molecule has 1 heterocycles. The first-order chi connectivity index (χ1) is 7.72. The molecule has 1 N–H and O–H groups in total. The summed E-state index contributed by atoms with van der Waals surface area (Å²) in [6.45, 7) is 4.71. The fourth-order valence-corrected chi connectivity index (χ4v) is 2.03. The SMILES string of the molecule is CCOc1ccc(-c2nc[nH]c2Br)cc1C. The van der Waals surface area contributed by atoms with Crippen LogP contribution in [0.5, 0.6) is 5.75 Å². The number of aromatic amines is 1. The van der Waals surface area contributed by atoms with Crippen molar-refractivity contribution in [2.24, 2.45) is 0 Å². The van der Waals surface area contributed by atoms with Crippen LogP contribution in [0.15, 0.2) is 29.1 Å². The van der Waals surface area contributed by atoms with Crippen molar-refractivity contribution in [2.75, 3.05) is 6.61 Å². The summed E-state index contributed by atoms with van der Waals surface area (Å²) in [5.41, 5.74) is 3.12. The molecule has 2 rings (SSSR count). The maximum atomic E-state index is 5.50. The molecule has 0 radical (unpaired) electrons. The van der Waals surface area contributed by atoms with Crippen molar-refractivity contribution in [2.45, 2.75) is 13.8 Å². The molecule has 0 atom stereocenters. The Morgan fingerprint density at radius 3 is 2.81 bits per heavy atom. The zero-order valence-corrected chi connectivity index (χ0v) is 10.8. The summed E-state index contributed by atoms with van der Waals surface area (Å²) in [7, 11) is 0. The summed E-state index contributed by atoms with van der Waals surface area (Å²) in [5, 5.41) is 0. The number of aryl methyl sites for hydroxylation is 1. The van der Waals surface area contributed by atoms with Crippen LogP contribution in [0.3, 0.4) is 0 Å². The van der Waals surface area contributed by atoms with E-state index in [1.165, 1.54) is 0 Å². The van der Waals surface area contributed by atoms with Crippen molar-refractivity contribution < 1.29 is 4.74 Å². The molecule has 1 aromatic carbocycles. The molecule has 0 aliphatic rings. The summed E-state index contributed by atoms with van der Waals surface area (Å²) >= 11 is 3.43. The van der Waals surface area contributed by atoms with Crippen LogP contribution in [-0.2, 0) is 0 Å². The number of halogens is 1. The van der Waals surface area contributed by atoms with Gasteiger partial charge in [-0.25, -0.2) is 4.98 Å². The number of nitrogens with one attached hydrogen (secondary N) is 1. The molecule has 0 bridgehead atoms. The number of ether oxygens (including phenoxy) is 1. The second kappa shape index (κ2) is 4.70. The third-order valence-electron chi connectivity index (χ3n) is 2.34. The molecule has 84 valence electrons. The van der Waals surface area contributed by atoms with Gasteiger partial charge in [-0.2, -0.15) is 0 Å². The number of rotatable bonds is 3. The van der Waals surface area contributed by atoms with E-state index in [0.717, 1.165) is 27.2 Å². The third kappa shape index (κ3) is 2.11. The van der Waals surface area contributed by atoms with Gasteiger partial charge in [-0.1, -0.05) is 0 Å². The third-order valence-corrected chi connectivity index (χ3v) is 2.95. The van der Waals surface area contributed by atoms with Crippen molar-refractivity contribution >= 4 is 15.9 Å². The fourth-order valence-electron chi connectivity index (χ4n) is 1.59. The van der Waals surface area contributed by atoms with E-state index >= 15 is 0 Å². The Labute approximate surface area is 103 Å². The standard InChI is InChI=1S/C12H13BrN2O/c1-3-16-10-5-4-9(6-8(10)2)11-12(13)15-7-14-11/h4-7H,3H2,1-2H3,(H,14,15). The average molecular weight is 281 g/mol. The molecule has 0 unspecified atom stereocenters. The summed E-state index contributed by atoms with van der Waals surface area (Å²) in [6, 6.07) is 6.07. The monoisotopic (exact) mass is 280 g/mol. The maximum Gasteiger partial charge on any atom is 0.122 e. The number of nitrogens with zero attached hydrogens (tertiary/aromatic N) is 1. The number of aromatic nitrogens is 2. The zero-order valence-electron chi connectivity index (χ0n) is 9.25. The van der Waals surface area contributed by atoms with Gasteiger partial charge in [0.05, 0.1) is 12.9 Å². The van der Waals surface area contributed by atoms with Crippen LogP contribution >= 0.6 is 15.9 Å². The number of hydrogen-bond acceptors (Lipinski definition) is 2. The molecule has 3 nitrogen and oxygen atoms in total. The van der Waals surface area contributed by atoms with E-state index in [9.17, 15) is 0 Å². The fraction of sp³-hybridized carbons (Fsp3) is 0.250. The highest BCUT2D eigenvalue weighted by Crippen LogP contribution is 2.28. The maximum absolute atomic E-state index is 5.50. The average Bonchev–Trinajstić information content (AvgIpc) is 2.68. The Kier molecular flexibility index (Phi) is 3.29. The Morgan fingerprint density at radius 1 is 1.44 bits per heavy atom. The molecule has 0 saturated carbocycles. The van der Waals surface area contributed by atoms with Gasteiger partial charge in [0, 0.05) is 5.56 Å². The number of hydrogen-bond donors (Lipinski definition) is 1. The molecule has 0 spiro atoms. The second-order valence-corrected chi connectivity index (χ2v) is 4.27. The van der Waals surface area contributed by atoms with Crippen LogP contribution in [0.4, 0.5) is 0 Å². The van der Waals surface area contributed by atoms with Crippen LogP contribution in [0.2, 0.25) is 0 Å². The van der Waals surface area contributed by atoms with E-state index in [4.69, 9.17) is 4.74 Å². The quantitative estimate of drug-likeness (QED) is 0.934. The highest BCUT2D eigenvalue weighted by atomic mass is 79.9. The van der Waals surface area contributed by atoms with Gasteiger partial charge in [0.1, 0.15) is 16.0 Å². The molecule has 2 aromatic rings. The lowest BCUT2D eigenvalue weighted by Crippen LogP contribution is -1.94. The number of benzene rings is 1. The minimum absolute atomic E-state index is 0.687. The number of H-pyrrole nitrogens is 1. The first-order valence-electron chi connectivity index (χ1n) is 5.15. The van der Waals surface area contributed by atoms with Crippen LogP contribution in [0, 0.1) is 6.92 Å². The van der Waals surface area contributed by atoms with Gasteiger partial charge in [0.15, 0.2) is 0 Å². The van der Waals surface area contributed by atoms with E-state index in [1.54, 1.807) is 6.33 Å². The second-order valence-electron chi connectivity index (χ2n) is 3.48. The Hall–Kier alpha value is -1.29. The number of imidazole rings is 1. The lowest BCUT2D eigenvalue weighted by molar-refractivity contribution is 0.338. The first-order valence-corrected chi connectivity index (χ1v) is 5.94. The van der Waals surface area contributed by atoms with Gasteiger partial charge in [-0.3, -0.25) is 0 Å². The molecule has 0 aliphatic heterocycles. The van der Waals surface area contributed by atoms with E-state index in [1.807, 2.05) is 26.0 Å². The normalized spacial score (nSPS) is 10.4. The van der Waals surface area contributed by atoms with Crippen molar-refractivity contribution in [3.8, 4) is 17.0 Å². The minimum atomic E-state index is 0.687. The molecule has 1 aromatic heterocycles. The largest absolute Gasteiger partial charge is 0.494 e. The minimum Gasteiger partial charge on any atom is -0.494 e. The predicted octanol–water partition coefficient (Wildman–Crippen LogP) is 3.55. The van der Waals surface area contributed by atoms with Crippen LogP contribution in [-0.4, -0.2) is 16.6 Å². The molecule has 0 saturated heterocycles. The molecule has 0 fully saturated rings. The van der Waals surface area contributed by atoms with Gasteiger partial charge in [0.2, 0.25) is 0 Å². The Morgan fingerprint density at radius 2 is 2.25 bits per heavy atom.